The summed E-state index contributed by atoms with van der Waals surface area (Å²) >= 11 is 0. The van der Waals surface area contributed by atoms with Crippen molar-refractivity contribution in [3.8, 4) is 0 Å². The summed E-state index contributed by atoms with van der Waals surface area (Å²) in [6.07, 6.45) is 6.25. The van der Waals surface area contributed by atoms with E-state index in [0.717, 1.165) is 31.2 Å². The van der Waals surface area contributed by atoms with Crippen molar-refractivity contribution < 1.29 is 19.5 Å². The van der Waals surface area contributed by atoms with Crippen molar-refractivity contribution in [1.82, 2.24) is 14.7 Å². The Bertz CT molecular complexity index is 783. The summed E-state index contributed by atoms with van der Waals surface area (Å²) in [5.41, 5.74) is 0.0374. The largest absolute Gasteiger partial charge is 0.395 e. The zero-order chi connectivity index (χ0) is 21.1. The Balaban J connectivity index is 1.52. The molecule has 0 unspecified atom stereocenters. The van der Waals surface area contributed by atoms with E-state index in [0.29, 0.717) is 32.5 Å². The maximum atomic E-state index is 13.3. The lowest BCUT2D eigenvalue weighted by Crippen LogP contribution is -2.57. The molecule has 3 aliphatic rings. The van der Waals surface area contributed by atoms with Gasteiger partial charge in [-0.25, -0.2) is 4.79 Å². The lowest BCUT2D eigenvalue weighted by atomic mass is 9.83. The van der Waals surface area contributed by atoms with Crippen molar-refractivity contribution in [2.24, 2.45) is 5.92 Å². The topological polar surface area (TPSA) is 81.2 Å². The Hall–Kier alpha value is -2.41. The van der Waals surface area contributed by atoms with E-state index in [1.807, 2.05) is 35.2 Å². The standard InChI is InChI=1S/C23H31N3O4/c27-16-15-25-21(29)23(26(22(25)30)17-18-7-3-1-4-8-18)11-13-24(14-12-23)20(28)19-9-5-2-6-10-19/h1,3-4,7-8,19,27H,2,5-6,9-17H2. The molecule has 1 aromatic carbocycles. The summed E-state index contributed by atoms with van der Waals surface area (Å²) < 4.78 is 0. The van der Waals surface area contributed by atoms with E-state index in [1.165, 1.54) is 11.3 Å². The average Bonchev–Trinajstić information content (AvgIpc) is 2.97. The van der Waals surface area contributed by atoms with Crippen LogP contribution in [-0.4, -0.2) is 69.4 Å². The average molecular weight is 414 g/mol. The highest BCUT2D eigenvalue weighted by molar-refractivity contribution is 6.07. The normalized spacial score (nSPS) is 22.2. The van der Waals surface area contributed by atoms with E-state index >= 15 is 0 Å². The molecule has 3 fully saturated rings. The third kappa shape index (κ3) is 3.71. The summed E-state index contributed by atoms with van der Waals surface area (Å²) in [6.45, 7) is 1.09. The van der Waals surface area contributed by atoms with Gasteiger partial charge in [0.15, 0.2) is 0 Å². The molecule has 162 valence electrons. The molecule has 2 aliphatic heterocycles. The number of carbonyl (C=O) groups excluding carboxylic acids is 3. The number of benzene rings is 1. The van der Waals surface area contributed by atoms with E-state index < -0.39 is 5.54 Å². The summed E-state index contributed by atoms with van der Waals surface area (Å²) in [6, 6.07) is 9.31. The predicted molar refractivity (Wildman–Crippen MR) is 111 cm³/mol. The van der Waals surface area contributed by atoms with Crippen molar-refractivity contribution >= 4 is 17.8 Å². The monoisotopic (exact) mass is 413 g/mol. The first-order chi connectivity index (χ1) is 14.6. The fourth-order valence-electron chi connectivity index (χ4n) is 5.25. The SMILES string of the molecule is O=C(C1CCCCC1)N1CCC2(CC1)C(=O)N(CCO)C(=O)N2Cc1ccccc1. The maximum absolute atomic E-state index is 13.3. The predicted octanol–water partition coefficient (Wildman–Crippen LogP) is 2.38. The molecule has 0 atom stereocenters. The smallest absolute Gasteiger partial charge is 0.328 e. The highest BCUT2D eigenvalue weighted by Gasteiger charge is 2.58. The first-order valence-corrected chi connectivity index (χ1v) is 11.1. The van der Waals surface area contributed by atoms with Gasteiger partial charge in [-0.15, -0.1) is 0 Å². The Labute approximate surface area is 177 Å². The second-order valence-corrected chi connectivity index (χ2v) is 8.73. The van der Waals surface area contributed by atoms with Crippen LogP contribution in [0.2, 0.25) is 0 Å². The van der Waals surface area contributed by atoms with E-state index in [2.05, 4.69) is 0 Å². The van der Waals surface area contributed by atoms with Gasteiger partial charge in [0.1, 0.15) is 5.54 Å². The van der Waals surface area contributed by atoms with Crippen molar-refractivity contribution in [2.45, 2.75) is 57.0 Å². The van der Waals surface area contributed by atoms with Crippen molar-refractivity contribution in [3.05, 3.63) is 35.9 Å². The molecule has 1 aliphatic carbocycles. The molecule has 4 amide bonds. The minimum atomic E-state index is -0.925. The number of aliphatic hydroxyl groups excluding tert-OH is 1. The summed E-state index contributed by atoms with van der Waals surface area (Å²) in [5, 5.41) is 9.37. The molecule has 1 saturated carbocycles. The Morgan fingerprint density at radius 3 is 2.33 bits per heavy atom. The van der Waals surface area contributed by atoms with Gasteiger partial charge in [-0.3, -0.25) is 14.5 Å². The highest BCUT2D eigenvalue weighted by atomic mass is 16.3. The van der Waals surface area contributed by atoms with Gasteiger partial charge in [-0.2, -0.15) is 0 Å². The molecule has 30 heavy (non-hydrogen) atoms. The number of nitrogens with zero attached hydrogens (tertiary/aromatic N) is 3. The van der Waals surface area contributed by atoms with Crippen LogP contribution in [0, 0.1) is 5.92 Å². The fraction of sp³-hybridized carbons (Fsp3) is 0.609. The lowest BCUT2D eigenvalue weighted by Gasteiger charge is -2.43. The number of amides is 4. The van der Waals surface area contributed by atoms with Gasteiger partial charge in [-0.05, 0) is 31.2 Å². The van der Waals surface area contributed by atoms with Gasteiger partial charge >= 0.3 is 6.03 Å². The highest BCUT2D eigenvalue weighted by Crippen LogP contribution is 2.39. The molecule has 2 saturated heterocycles. The van der Waals surface area contributed by atoms with Crippen LogP contribution in [0.25, 0.3) is 0 Å². The van der Waals surface area contributed by atoms with Gasteiger partial charge in [-0.1, -0.05) is 49.6 Å². The summed E-state index contributed by atoms with van der Waals surface area (Å²) in [5.74, 6) is 0.0883. The summed E-state index contributed by atoms with van der Waals surface area (Å²) in [7, 11) is 0. The zero-order valence-corrected chi connectivity index (χ0v) is 17.5. The number of imide groups is 1. The van der Waals surface area contributed by atoms with Crippen LogP contribution >= 0.6 is 0 Å². The van der Waals surface area contributed by atoms with Crippen molar-refractivity contribution in [2.75, 3.05) is 26.2 Å². The number of rotatable bonds is 5. The first-order valence-electron chi connectivity index (χ1n) is 11.1. The molecule has 0 radical (unpaired) electrons. The minimum absolute atomic E-state index is 0.00935. The van der Waals surface area contributed by atoms with E-state index in [4.69, 9.17) is 0 Å². The summed E-state index contributed by atoms with van der Waals surface area (Å²) in [4.78, 5) is 44.1. The van der Waals surface area contributed by atoms with Crippen LogP contribution < -0.4 is 0 Å². The minimum Gasteiger partial charge on any atom is -0.395 e. The van der Waals surface area contributed by atoms with E-state index in [9.17, 15) is 19.5 Å². The van der Waals surface area contributed by atoms with Crippen molar-refractivity contribution in [3.63, 3.8) is 0 Å². The molecule has 2 heterocycles. The number of urea groups is 1. The Morgan fingerprint density at radius 1 is 1.03 bits per heavy atom. The van der Waals surface area contributed by atoms with E-state index in [1.54, 1.807) is 4.90 Å². The molecule has 7 heteroatoms. The Kier molecular flexibility index (Phi) is 6.09. The molecule has 4 rings (SSSR count). The van der Waals surface area contributed by atoms with Crippen LogP contribution in [0.4, 0.5) is 4.79 Å². The number of piperidine rings is 1. The van der Waals surface area contributed by atoms with Crippen molar-refractivity contribution in [1.29, 1.82) is 0 Å². The van der Waals surface area contributed by atoms with Gasteiger partial charge in [0.05, 0.1) is 13.2 Å². The third-order valence-electron chi connectivity index (χ3n) is 6.99. The molecule has 0 bridgehead atoms. The van der Waals surface area contributed by atoms with Gasteiger partial charge in [0.2, 0.25) is 5.91 Å². The zero-order valence-electron chi connectivity index (χ0n) is 17.5. The second-order valence-electron chi connectivity index (χ2n) is 8.73. The molecular formula is C23H31N3O4. The van der Waals surface area contributed by atoms with Crippen LogP contribution in [0.1, 0.15) is 50.5 Å². The fourth-order valence-corrected chi connectivity index (χ4v) is 5.25. The number of carbonyl (C=O) groups is 3. The molecule has 1 aromatic rings. The van der Waals surface area contributed by atoms with Crippen LogP contribution in [0.15, 0.2) is 30.3 Å². The third-order valence-corrected chi connectivity index (χ3v) is 6.99. The number of aliphatic hydroxyl groups is 1. The first kappa shape index (κ1) is 20.8. The van der Waals surface area contributed by atoms with Gasteiger partial charge in [0, 0.05) is 25.6 Å². The molecule has 7 nitrogen and oxygen atoms in total. The number of likely N-dealkylation sites (tertiary alicyclic amines) is 1. The molecule has 1 spiro atoms. The van der Waals surface area contributed by atoms with Crippen LogP contribution in [0.3, 0.4) is 0 Å². The second kappa shape index (κ2) is 8.76. The molecule has 0 aromatic heterocycles. The molecule has 1 N–H and O–H groups in total. The number of β-amino-alcohol motifs (C(OH)–C–C–N with tert-alkyl or cyclic N) is 1. The van der Waals surface area contributed by atoms with Crippen LogP contribution in [0.5, 0.6) is 0 Å². The molecular weight excluding hydrogens is 382 g/mol. The number of hydrogen-bond acceptors (Lipinski definition) is 4. The van der Waals surface area contributed by atoms with Crippen LogP contribution in [-0.2, 0) is 16.1 Å². The maximum Gasteiger partial charge on any atom is 0.328 e. The number of hydrogen-bond donors (Lipinski definition) is 1. The van der Waals surface area contributed by atoms with E-state index in [-0.39, 0.29) is 36.9 Å². The lowest BCUT2D eigenvalue weighted by molar-refractivity contribution is -0.144. The van der Waals surface area contributed by atoms with Gasteiger partial charge in [0.25, 0.3) is 5.91 Å². The van der Waals surface area contributed by atoms with Gasteiger partial charge < -0.3 is 14.9 Å². The Morgan fingerprint density at radius 2 is 1.70 bits per heavy atom. The quantitative estimate of drug-likeness (QED) is 0.752.